The lowest BCUT2D eigenvalue weighted by molar-refractivity contribution is 0.241. The first-order valence-electron chi connectivity index (χ1n) is 5.62. The molecule has 1 aromatic rings. The normalized spacial score (nSPS) is 11.0. The van der Waals surface area contributed by atoms with E-state index in [0.717, 1.165) is 17.4 Å². The van der Waals surface area contributed by atoms with Crippen LogP contribution in [0, 0.1) is 6.92 Å². The van der Waals surface area contributed by atoms with Gasteiger partial charge in [0.05, 0.1) is 5.75 Å². The highest BCUT2D eigenvalue weighted by molar-refractivity contribution is 7.90. The minimum absolute atomic E-state index is 0.0508. The largest absolute Gasteiger partial charge is 0.337 e. The Morgan fingerprint density at radius 3 is 2.50 bits per heavy atom. The molecule has 2 amide bonds. The monoisotopic (exact) mass is 270 g/mol. The summed E-state index contributed by atoms with van der Waals surface area (Å²) in [6.07, 6.45) is 1.14. The molecule has 0 fully saturated rings. The molecule has 1 aromatic carbocycles. The zero-order chi connectivity index (χ0) is 13.6. The molecule has 0 aliphatic heterocycles. The van der Waals surface area contributed by atoms with Gasteiger partial charge in [0.25, 0.3) is 0 Å². The SMILES string of the molecule is Cc1ccccc1CNC(=O)NCCS(C)(=O)=O. The summed E-state index contributed by atoms with van der Waals surface area (Å²) in [6, 6.07) is 7.39. The van der Waals surface area contributed by atoms with E-state index in [1.807, 2.05) is 31.2 Å². The van der Waals surface area contributed by atoms with Crippen LogP contribution < -0.4 is 10.6 Å². The Balaban J connectivity index is 2.32. The molecule has 5 nitrogen and oxygen atoms in total. The van der Waals surface area contributed by atoms with Crippen LogP contribution in [0.5, 0.6) is 0 Å². The van der Waals surface area contributed by atoms with Gasteiger partial charge in [0.15, 0.2) is 0 Å². The van der Waals surface area contributed by atoms with Gasteiger partial charge < -0.3 is 10.6 Å². The van der Waals surface area contributed by atoms with Crippen molar-refractivity contribution in [1.29, 1.82) is 0 Å². The number of nitrogens with one attached hydrogen (secondary N) is 2. The minimum atomic E-state index is -3.04. The molecule has 0 aliphatic carbocycles. The van der Waals surface area contributed by atoms with Gasteiger partial charge >= 0.3 is 6.03 Å². The Labute approximate surface area is 108 Å². The van der Waals surface area contributed by atoms with Gasteiger partial charge in [-0.3, -0.25) is 0 Å². The molecule has 0 heterocycles. The molecule has 100 valence electrons. The fourth-order valence-corrected chi connectivity index (χ4v) is 1.87. The molecule has 0 unspecified atom stereocenters. The average molecular weight is 270 g/mol. The number of rotatable bonds is 5. The van der Waals surface area contributed by atoms with Crippen molar-refractivity contribution in [2.75, 3.05) is 18.6 Å². The van der Waals surface area contributed by atoms with Gasteiger partial charge in [-0.25, -0.2) is 13.2 Å². The standard InChI is InChI=1S/C12H18N2O3S/c1-10-5-3-4-6-11(10)9-14-12(15)13-7-8-18(2,16)17/h3-6H,7-9H2,1-2H3,(H2,13,14,15). The zero-order valence-electron chi connectivity index (χ0n) is 10.6. The maximum Gasteiger partial charge on any atom is 0.315 e. The van der Waals surface area contributed by atoms with Crippen molar-refractivity contribution in [1.82, 2.24) is 10.6 Å². The number of carbonyl (C=O) groups excluding carboxylic acids is 1. The van der Waals surface area contributed by atoms with E-state index in [0.29, 0.717) is 6.54 Å². The lowest BCUT2D eigenvalue weighted by Gasteiger charge is -2.08. The number of amides is 2. The Bertz CT molecular complexity index is 512. The first-order chi connectivity index (χ1) is 8.38. The first-order valence-corrected chi connectivity index (χ1v) is 7.68. The highest BCUT2D eigenvalue weighted by Crippen LogP contribution is 2.05. The first kappa shape index (κ1) is 14.5. The van der Waals surface area contributed by atoms with Crippen molar-refractivity contribution in [3.05, 3.63) is 35.4 Å². The van der Waals surface area contributed by atoms with E-state index in [2.05, 4.69) is 10.6 Å². The molecule has 0 aliphatic rings. The van der Waals surface area contributed by atoms with Crippen molar-refractivity contribution in [2.45, 2.75) is 13.5 Å². The quantitative estimate of drug-likeness (QED) is 0.832. The van der Waals surface area contributed by atoms with Crippen LogP contribution in [-0.4, -0.2) is 33.0 Å². The van der Waals surface area contributed by atoms with E-state index < -0.39 is 9.84 Å². The van der Waals surface area contributed by atoms with Crippen LogP contribution in [0.15, 0.2) is 24.3 Å². The highest BCUT2D eigenvalue weighted by Gasteiger charge is 2.04. The molecule has 6 heteroatoms. The number of urea groups is 1. The Kier molecular flexibility index (Phi) is 5.15. The molecule has 0 atom stereocenters. The second-order valence-corrected chi connectivity index (χ2v) is 6.43. The molecule has 0 saturated carbocycles. The Morgan fingerprint density at radius 2 is 1.89 bits per heavy atom. The van der Waals surface area contributed by atoms with E-state index in [-0.39, 0.29) is 18.3 Å². The van der Waals surface area contributed by atoms with Gasteiger partial charge in [-0.2, -0.15) is 0 Å². The third-order valence-electron chi connectivity index (χ3n) is 2.46. The van der Waals surface area contributed by atoms with Gasteiger partial charge in [-0.15, -0.1) is 0 Å². The van der Waals surface area contributed by atoms with E-state index in [1.54, 1.807) is 0 Å². The van der Waals surface area contributed by atoms with Gasteiger partial charge in [0.2, 0.25) is 0 Å². The summed E-state index contributed by atoms with van der Waals surface area (Å²) < 4.78 is 21.7. The average Bonchev–Trinajstić information content (AvgIpc) is 2.26. The van der Waals surface area contributed by atoms with Crippen LogP contribution in [-0.2, 0) is 16.4 Å². The summed E-state index contributed by atoms with van der Waals surface area (Å²) in [4.78, 5) is 11.4. The van der Waals surface area contributed by atoms with Crippen LogP contribution >= 0.6 is 0 Å². The molecule has 0 spiro atoms. The number of hydrogen-bond donors (Lipinski definition) is 2. The number of hydrogen-bond acceptors (Lipinski definition) is 3. The number of benzene rings is 1. The fraction of sp³-hybridized carbons (Fsp3) is 0.417. The van der Waals surface area contributed by atoms with Crippen LogP contribution in [0.4, 0.5) is 4.79 Å². The van der Waals surface area contributed by atoms with Gasteiger partial charge in [0.1, 0.15) is 9.84 Å². The molecule has 0 saturated heterocycles. The number of aryl methyl sites for hydroxylation is 1. The number of carbonyl (C=O) groups is 1. The molecule has 0 radical (unpaired) electrons. The van der Waals surface area contributed by atoms with E-state index in [4.69, 9.17) is 0 Å². The summed E-state index contributed by atoms with van der Waals surface area (Å²) in [6.45, 7) is 2.52. The summed E-state index contributed by atoms with van der Waals surface area (Å²) in [5.41, 5.74) is 2.14. The highest BCUT2D eigenvalue weighted by atomic mass is 32.2. The molecule has 1 rings (SSSR count). The predicted octanol–water partition coefficient (Wildman–Crippen LogP) is 0.839. The van der Waals surface area contributed by atoms with Crippen LogP contribution in [0.25, 0.3) is 0 Å². The molecule has 0 aromatic heterocycles. The Hall–Kier alpha value is -1.56. The Morgan fingerprint density at radius 1 is 1.22 bits per heavy atom. The summed E-state index contributed by atoms with van der Waals surface area (Å²) >= 11 is 0. The molecule has 0 bridgehead atoms. The third kappa shape index (κ3) is 5.67. The maximum absolute atomic E-state index is 11.4. The zero-order valence-corrected chi connectivity index (χ0v) is 11.4. The van der Waals surface area contributed by atoms with Gasteiger partial charge in [0, 0.05) is 19.3 Å². The van der Waals surface area contributed by atoms with Crippen molar-refractivity contribution in [2.24, 2.45) is 0 Å². The summed E-state index contributed by atoms with van der Waals surface area (Å²) in [5.74, 6) is -0.0508. The molecular formula is C12H18N2O3S. The maximum atomic E-state index is 11.4. The smallest absolute Gasteiger partial charge is 0.315 e. The van der Waals surface area contributed by atoms with Crippen molar-refractivity contribution < 1.29 is 13.2 Å². The lowest BCUT2D eigenvalue weighted by atomic mass is 10.1. The van der Waals surface area contributed by atoms with Crippen LogP contribution in [0.3, 0.4) is 0 Å². The van der Waals surface area contributed by atoms with E-state index in [1.165, 1.54) is 0 Å². The molecular weight excluding hydrogens is 252 g/mol. The van der Waals surface area contributed by atoms with E-state index >= 15 is 0 Å². The van der Waals surface area contributed by atoms with Gasteiger partial charge in [-0.1, -0.05) is 24.3 Å². The lowest BCUT2D eigenvalue weighted by Crippen LogP contribution is -2.37. The van der Waals surface area contributed by atoms with Crippen molar-refractivity contribution >= 4 is 15.9 Å². The van der Waals surface area contributed by atoms with Crippen LogP contribution in [0.1, 0.15) is 11.1 Å². The predicted molar refractivity (Wildman–Crippen MR) is 71.1 cm³/mol. The summed E-state index contributed by atoms with van der Waals surface area (Å²) in [7, 11) is -3.04. The number of sulfone groups is 1. The fourth-order valence-electron chi connectivity index (χ4n) is 1.40. The minimum Gasteiger partial charge on any atom is -0.337 e. The van der Waals surface area contributed by atoms with Gasteiger partial charge in [-0.05, 0) is 18.1 Å². The second kappa shape index (κ2) is 6.39. The van der Waals surface area contributed by atoms with Crippen molar-refractivity contribution in [3.63, 3.8) is 0 Å². The third-order valence-corrected chi connectivity index (χ3v) is 3.40. The van der Waals surface area contributed by atoms with Crippen LogP contribution in [0.2, 0.25) is 0 Å². The van der Waals surface area contributed by atoms with E-state index in [9.17, 15) is 13.2 Å². The topological polar surface area (TPSA) is 75.3 Å². The second-order valence-electron chi connectivity index (χ2n) is 4.17. The molecule has 2 N–H and O–H groups in total. The molecule has 18 heavy (non-hydrogen) atoms. The summed E-state index contributed by atoms with van der Waals surface area (Å²) in [5, 5.41) is 5.18. The van der Waals surface area contributed by atoms with Crippen molar-refractivity contribution in [3.8, 4) is 0 Å².